The normalized spacial score (nSPS) is 14.1. The van der Waals surface area contributed by atoms with Gasteiger partial charge in [0.25, 0.3) is 0 Å². The summed E-state index contributed by atoms with van der Waals surface area (Å²) in [4.78, 5) is 35.3. The number of allylic oxidation sites excluding steroid dienone is 28. The van der Waals surface area contributed by atoms with E-state index in [0.29, 0.717) is 6.42 Å². The largest absolute Gasteiger partial charge is 0.472 e. The van der Waals surface area contributed by atoms with Crippen LogP contribution in [0, 0.1) is 0 Å². The van der Waals surface area contributed by atoms with Crippen LogP contribution in [0.5, 0.6) is 0 Å². The third-order valence-corrected chi connectivity index (χ3v) is 14.6. The third-order valence-electron chi connectivity index (χ3n) is 13.6. The van der Waals surface area contributed by atoms with Crippen molar-refractivity contribution in [3.05, 3.63) is 170 Å². The van der Waals surface area contributed by atoms with Crippen molar-refractivity contribution in [1.82, 2.24) is 0 Å². The number of ether oxygens (including phenoxy) is 2. The molecule has 0 fully saturated rings. The van der Waals surface area contributed by atoms with Crippen LogP contribution in [0.3, 0.4) is 0 Å². The van der Waals surface area contributed by atoms with Gasteiger partial charge in [-0.25, -0.2) is 4.57 Å². The summed E-state index contributed by atoms with van der Waals surface area (Å²) >= 11 is 0. The summed E-state index contributed by atoms with van der Waals surface area (Å²) in [6, 6.07) is 0. The van der Waals surface area contributed by atoms with Crippen LogP contribution in [0.15, 0.2) is 170 Å². The summed E-state index contributed by atoms with van der Waals surface area (Å²) < 4.78 is 33.1. The number of carbonyl (C=O) groups excluding carboxylic acids is 2. The molecule has 0 saturated carbocycles. The molecule has 9 nitrogen and oxygen atoms in total. The lowest BCUT2D eigenvalue weighted by atomic mass is 10.0. The molecule has 0 aromatic rings. The van der Waals surface area contributed by atoms with Crippen LogP contribution < -0.4 is 5.73 Å². The zero-order valence-electron chi connectivity index (χ0n) is 53.8. The van der Waals surface area contributed by atoms with Gasteiger partial charge < -0.3 is 20.1 Å². The van der Waals surface area contributed by atoms with Crippen LogP contribution in [0.4, 0.5) is 0 Å². The summed E-state index contributed by atoms with van der Waals surface area (Å²) in [5, 5.41) is 0. The molecule has 2 atom stereocenters. The molecule has 0 rings (SSSR count). The zero-order valence-corrected chi connectivity index (χ0v) is 54.7. The molecule has 0 aromatic carbocycles. The Morgan fingerprint density at radius 1 is 0.353 bits per heavy atom. The van der Waals surface area contributed by atoms with Gasteiger partial charge in [0.2, 0.25) is 0 Å². The molecule has 0 saturated heterocycles. The van der Waals surface area contributed by atoms with Crippen molar-refractivity contribution < 1.29 is 37.6 Å². The van der Waals surface area contributed by atoms with E-state index in [2.05, 4.69) is 184 Å². The molecule has 85 heavy (non-hydrogen) atoms. The Balaban J connectivity index is 4.00. The predicted octanol–water partition coefficient (Wildman–Crippen LogP) is 22.2. The number of phosphoric acid groups is 1. The lowest BCUT2D eigenvalue weighted by Crippen LogP contribution is -2.29. The van der Waals surface area contributed by atoms with Gasteiger partial charge in [0.15, 0.2) is 6.10 Å². The van der Waals surface area contributed by atoms with E-state index in [1.807, 2.05) is 0 Å². The van der Waals surface area contributed by atoms with E-state index in [1.54, 1.807) is 0 Å². The Hall–Kier alpha value is -4.63. The van der Waals surface area contributed by atoms with Crippen molar-refractivity contribution in [2.75, 3.05) is 26.4 Å². The summed E-state index contributed by atoms with van der Waals surface area (Å²) in [7, 11) is -4.41. The first kappa shape index (κ1) is 80.4. The van der Waals surface area contributed by atoms with E-state index in [9.17, 15) is 19.0 Å². The van der Waals surface area contributed by atoms with Gasteiger partial charge >= 0.3 is 19.8 Å². The van der Waals surface area contributed by atoms with Crippen molar-refractivity contribution in [2.24, 2.45) is 5.73 Å². The monoisotopic (exact) mass is 1200 g/mol. The highest BCUT2D eigenvalue weighted by Gasteiger charge is 2.26. The summed E-state index contributed by atoms with van der Waals surface area (Å²) in [6.45, 7) is 3.50. The number of phosphoric ester groups is 1. The number of hydrogen-bond acceptors (Lipinski definition) is 8. The van der Waals surface area contributed by atoms with Gasteiger partial charge in [0, 0.05) is 19.4 Å². The van der Waals surface area contributed by atoms with E-state index in [0.717, 1.165) is 141 Å². The third kappa shape index (κ3) is 68.4. The van der Waals surface area contributed by atoms with E-state index >= 15 is 0 Å². The second-order valence-electron chi connectivity index (χ2n) is 21.6. The van der Waals surface area contributed by atoms with Crippen molar-refractivity contribution in [3.63, 3.8) is 0 Å². The standard InChI is InChI=1S/C75H122NO8P/c1-3-5-7-9-11-13-15-17-19-21-23-25-27-29-31-33-35-36-38-40-42-44-46-48-50-52-54-56-58-60-62-64-66-68-75(78)84-73(72-83-85(79,80)82-70-69-76)71-81-74(77)67-65-63-61-59-57-55-53-51-49-47-45-43-41-39-37-34-32-30-28-26-24-22-20-18-16-14-12-10-8-6-4-2/h5-8,11-14,17-20,23-26,29-32,35-37,39-40,42,46,48,73H,3-4,9-10,15-16,21-22,27-28,33-34,38,41,43-45,47,49-72,76H2,1-2H3,(H,79,80)/b7-5-,8-6-,13-11-,14-12-,19-17-,20-18-,25-23-,26-24-,31-29-,32-30-,36-35-,39-37-,42-40-,48-46-. The van der Waals surface area contributed by atoms with Crippen LogP contribution in [-0.2, 0) is 32.7 Å². The Kier molecular flexibility index (Phi) is 64.8. The van der Waals surface area contributed by atoms with Gasteiger partial charge in [-0.3, -0.25) is 18.6 Å². The molecule has 0 aliphatic heterocycles. The maximum atomic E-state index is 12.8. The predicted molar refractivity (Wildman–Crippen MR) is 366 cm³/mol. The average Bonchev–Trinajstić information content (AvgIpc) is 3.52. The molecule has 0 spiro atoms. The van der Waals surface area contributed by atoms with Gasteiger partial charge in [-0.1, -0.05) is 287 Å². The first-order valence-corrected chi connectivity index (χ1v) is 35.1. The molecular formula is C75H122NO8P. The Morgan fingerprint density at radius 3 is 0.906 bits per heavy atom. The fourth-order valence-electron chi connectivity index (χ4n) is 8.71. The Labute approximate surface area is 521 Å². The molecule has 3 N–H and O–H groups in total. The SMILES string of the molecule is CC/C=C\C/C=C\C/C=C\C/C=C\C/C=C\C/C=C\C/C=C\C/C=C\CCCCCCCCCCC(=O)OC(COC(=O)CCCCCCCCCCCCCC/C=C\C/C=C\C/C=C\C/C=C\C/C=C\C/C=C\CC)COP(=O)(O)OCCN. The smallest absolute Gasteiger partial charge is 0.462 e. The average molecular weight is 1200 g/mol. The lowest BCUT2D eigenvalue weighted by molar-refractivity contribution is -0.161. The molecule has 480 valence electrons. The molecule has 0 aromatic heterocycles. The fraction of sp³-hybridized carbons (Fsp3) is 0.600. The van der Waals surface area contributed by atoms with Crippen molar-refractivity contribution in [1.29, 1.82) is 0 Å². The maximum absolute atomic E-state index is 12.8. The topological polar surface area (TPSA) is 134 Å². The highest BCUT2D eigenvalue weighted by molar-refractivity contribution is 7.47. The quantitative estimate of drug-likeness (QED) is 0.0264. The van der Waals surface area contributed by atoms with Crippen LogP contribution in [0.2, 0.25) is 0 Å². The second-order valence-corrected chi connectivity index (χ2v) is 23.0. The van der Waals surface area contributed by atoms with Crippen LogP contribution >= 0.6 is 7.82 Å². The summed E-state index contributed by atoms with van der Waals surface area (Å²) in [5.41, 5.74) is 5.40. The fourth-order valence-corrected chi connectivity index (χ4v) is 9.48. The molecule has 2 unspecified atom stereocenters. The van der Waals surface area contributed by atoms with E-state index in [1.165, 1.54) is 83.5 Å². The number of nitrogens with two attached hydrogens (primary N) is 1. The Bertz CT molecular complexity index is 2000. The van der Waals surface area contributed by atoms with Crippen LogP contribution in [-0.4, -0.2) is 49.3 Å². The first-order chi connectivity index (χ1) is 41.8. The van der Waals surface area contributed by atoms with E-state index in [-0.39, 0.29) is 32.6 Å². The minimum absolute atomic E-state index is 0.0432. The molecule has 0 heterocycles. The van der Waals surface area contributed by atoms with Crippen molar-refractivity contribution in [2.45, 2.75) is 264 Å². The van der Waals surface area contributed by atoms with Gasteiger partial charge in [0.05, 0.1) is 13.2 Å². The second kappa shape index (κ2) is 68.5. The van der Waals surface area contributed by atoms with Crippen LogP contribution in [0.25, 0.3) is 0 Å². The van der Waals surface area contributed by atoms with Crippen molar-refractivity contribution >= 4 is 19.8 Å². The number of esters is 2. The van der Waals surface area contributed by atoms with Gasteiger partial charge in [-0.2, -0.15) is 0 Å². The molecular weight excluding hydrogens is 1070 g/mol. The summed E-state index contributed by atoms with van der Waals surface area (Å²) in [6.07, 6.45) is 101. The molecule has 0 amide bonds. The first-order valence-electron chi connectivity index (χ1n) is 33.6. The highest BCUT2D eigenvalue weighted by Crippen LogP contribution is 2.43. The minimum atomic E-state index is -4.41. The van der Waals surface area contributed by atoms with Crippen molar-refractivity contribution in [3.8, 4) is 0 Å². The van der Waals surface area contributed by atoms with Gasteiger partial charge in [-0.05, 0) is 128 Å². The minimum Gasteiger partial charge on any atom is -0.462 e. The van der Waals surface area contributed by atoms with Gasteiger partial charge in [0.1, 0.15) is 6.61 Å². The van der Waals surface area contributed by atoms with Crippen LogP contribution in [0.1, 0.15) is 258 Å². The molecule has 0 radical (unpaired) electrons. The summed E-state index contributed by atoms with van der Waals surface area (Å²) in [5.74, 6) is -0.848. The van der Waals surface area contributed by atoms with E-state index < -0.39 is 32.5 Å². The zero-order chi connectivity index (χ0) is 61.6. The molecule has 0 aliphatic carbocycles. The molecule has 0 bridgehead atoms. The molecule has 0 aliphatic rings. The van der Waals surface area contributed by atoms with E-state index in [4.69, 9.17) is 24.3 Å². The highest BCUT2D eigenvalue weighted by atomic mass is 31.2. The lowest BCUT2D eigenvalue weighted by Gasteiger charge is -2.19. The van der Waals surface area contributed by atoms with Gasteiger partial charge in [-0.15, -0.1) is 0 Å². The molecule has 10 heteroatoms. The number of rotatable bonds is 61. The number of hydrogen-bond donors (Lipinski definition) is 2. The maximum Gasteiger partial charge on any atom is 0.472 e. The number of carbonyl (C=O) groups is 2. The number of unbranched alkanes of at least 4 members (excludes halogenated alkanes) is 20. The Morgan fingerprint density at radius 2 is 0.612 bits per heavy atom.